The zero-order valence-electron chi connectivity index (χ0n) is 11.6. The van der Waals surface area contributed by atoms with Crippen LogP contribution in [-0.4, -0.2) is 24.9 Å². The van der Waals surface area contributed by atoms with Crippen LogP contribution in [0.15, 0.2) is 41.6 Å². The number of rotatable bonds is 6. The fourth-order valence-electron chi connectivity index (χ4n) is 1.97. The molecule has 0 fully saturated rings. The molecule has 20 heavy (non-hydrogen) atoms. The molecule has 2 aromatic rings. The Morgan fingerprint density at radius 2 is 2.00 bits per heavy atom. The van der Waals surface area contributed by atoms with Crippen molar-refractivity contribution in [1.82, 2.24) is 14.7 Å². The number of benzene rings is 1. The van der Waals surface area contributed by atoms with Gasteiger partial charge < -0.3 is 4.98 Å². The Bertz CT molecular complexity index is 650. The second-order valence-electron chi connectivity index (χ2n) is 4.83. The minimum atomic E-state index is -3.49. The van der Waals surface area contributed by atoms with Gasteiger partial charge in [0.2, 0.25) is 0 Å². The van der Waals surface area contributed by atoms with Gasteiger partial charge in [0, 0.05) is 6.54 Å². The molecule has 0 amide bonds. The molecule has 2 N–H and O–H groups in total. The van der Waals surface area contributed by atoms with Gasteiger partial charge in [-0.05, 0) is 24.8 Å². The van der Waals surface area contributed by atoms with E-state index in [-0.39, 0.29) is 5.03 Å². The molecule has 0 aliphatic heterocycles. The molecule has 5 nitrogen and oxygen atoms in total. The Balaban J connectivity index is 1.90. The number of hydrogen-bond acceptors (Lipinski definition) is 3. The third kappa shape index (κ3) is 3.68. The van der Waals surface area contributed by atoms with E-state index >= 15 is 0 Å². The Kier molecular flexibility index (Phi) is 4.57. The normalized spacial score (nSPS) is 13.3. The van der Waals surface area contributed by atoms with Crippen molar-refractivity contribution in [2.75, 3.05) is 6.54 Å². The Labute approximate surface area is 119 Å². The highest BCUT2D eigenvalue weighted by atomic mass is 32.2. The van der Waals surface area contributed by atoms with Crippen molar-refractivity contribution in [3.8, 4) is 0 Å². The molecule has 1 aromatic carbocycles. The van der Waals surface area contributed by atoms with E-state index in [0.717, 1.165) is 6.42 Å². The molecule has 1 unspecified atom stereocenters. The highest BCUT2D eigenvalue weighted by Crippen LogP contribution is 2.17. The molecule has 0 bridgehead atoms. The van der Waals surface area contributed by atoms with E-state index in [1.807, 2.05) is 18.2 Å². The predicted molar refractivity (Wildman–Crippen MR) is 78.0 cm³/mol. The molecule has 0 saturated heterocycles. The van der Waals surface area contributed by atoms with Crippen LogP contribution in [0, 0.1) is 6.92 Å². The molecule has 1 atom stereocenters. The van der Waals surface area contributed by atoms with Gasteiger partial charge >= 0.3 is 0 Å². The van der Waals surface area contributed by atoms with E-state index in [4.69, 9.17) is 0 Å². The highest BCUT2D eigenvalue weighted by molar-refractivity contribution is 7.89. The maximum Gasteiger partial charge on any atom is 0.257 e. The van der Waals surface area contributed by atoms with Crippen molar-refractivity contribution in [1.29, 1.82) is 0 Å². The van der Waals surface area contributed by atoms with Gasteiger partial charge in [-0.25, -0.2) is 18.1 Å². The summed E-state index contributed by atoms with van der Waals surface area (Å²) < 4.78 is 26.6. The summed E-state index contributed by atoms with van der Waals surface area (Å²) >= 11 is 0. The van der Waals surface area contributed by atoms with Crippen LogP contribution in [0.5, 0.6) is 0 Å². The lowest BCUT2D eigenvalue weighted by Gasteiger charge is -2.12. The highest BCUT2D eigenvalue weighted by Gasteiger charge is 2.16. The van der Waals surface area contributed by atoms with Gasteiger partial charge in [-0.3, -0.25) is 0 Å². The summed E-state index contributed by atoms with van der Waals surface area (Å²) in [6.45, 7) is 4.21. The summed E-state index contributed by atoms with van der Waals surface area (Å²) in [4.78, 5) is 6.62. The zero-order chi connectivity index (χ0) is 14.6. The van der Waals surface area contributed by atoms with Crippen molar-refractivity contribution in [3.63, 3.8) is 0 Å². The summed E-state index contributed by atoms with van der Waals surface area (Å²) in [5, 5.41) is 0.113. The second kappa shape index (κ2) is 6.19. The summed E-state index contributed by atoms with van der Waals surface area (Å²) in [6.07, 6.45) is 2.08. The summed E-state index contributed by atoms with van der Waals surface area (Å²) in [7, 11) is -3.49. The van der Waals surface area contributed by atoms with E-state index in [0.29, 0.717) is 18.3 Å². The minimum Gasteiger partial charge on any atom is -0.332 e. The van der Waals surface area contributed by atoms with E-state index in [1.54, 1.807) is 6.92 Å². The quantitative estimate of drug-likeness (QED) is 0.857. The molecule has 1 aromatic heterocycles. The molecular weight excluding hydrogens is 274 g/mol. The van der Waals surface area contributed by atoms with Crippen LogP contribution >= 0.6 is 0 Å². The second-order valence-corrected chi connectivity index (χ2v) is 6.57. The molecule has 0 spiro atoms. The van der Waals surface area contributed by atoms with Gasteiger partial charge in [-0.1, -0.05) is 37.3 Å². The number of nitrogens with zero attached hydrogens (tertiary/aromatic N) is 1. The van der Waals surface area contributed by atoms with Crippen molar-refractivity contribution < 1.29 is 8.42 Å². The average Bonchev–Trinajstić information content (AvgIpc) is 2.87. The third-order valence-electron chi connectivity index (χ3n) is 3.21. The molecule has 0 radical (unpaired) electrons. The van der Waals surface area contributed by atoms with Gasteiger partial charge in [0.25, 0.3) is 10.0 Å². The number of imidazole rings is 1. The fraction of sp³-hybridized carbons (Fsp3) is 0.357. The van der Waals surface area contributed by atoms with E-state index in [1.165, 1.54) is 11.8 Å². The molecule has 6 heteroatoms. The van der Waals surface area contributed by atoms with Crippen molar-refractivity contribution in [2.45, 2.75) is 31.2 Å². The van der Waals surface area contributed by atoms with Gasteiger partial charge in [0.1, 0.15) is 5.82 Å². The topological polar surface area (TPSA) is 74.8 Å². The van der Waals surface area contributed by atoms with Crippen molar-refractivity contribution >= 4 is 10.0 Å². The molecule has 1 heterocycles. The van der Waals surface area contributed by atoms with Crippen LogP contribution in [0.25, 0.3) is 0 Å². The monoisotopic (exact) mass is 293 g/mol. The molecule has 0 aliphatic rings. The van der Waals surface area contributed by atoms with Crippen LogP contribution in [0.1, 0.15) is 30.7 Å². The molecule has 0 aliphatic carbocycles. The number of aromatic amines is 1. The molecule has 108 valence electrons. The number of aryl methyl sites for hydroxylation is 1. The Hall–Kier alpha value is -1.66. The predicted octanol–water partition coefficient (Wildman–Crippen LogP) is 2.19. The van der Waals surface area contributed by atoms with Crippen molar-refractivity contribution in [2.24, 2.45) is 0 Å². The van der Waals surface area contributed by atoms with Crippen LogP contribution < -0.4 is 4.72 Å². The first-order valence-corrected chi connectivity index (χ1v) is 8.03. The third-order valence-corrected chi connectivity index (χ3v) is 4.58. The first-order chi connectivity index (χ1) is 9.49. The number of H-pyrrole nitrogens is 1. The largest absolute Gasteiger partial charge is 0.332 e. The van der Waals surface area contributed by atoms with Gasteiger partial charge in [-0.15, -0.1) is 0 Å². The molecule has 2 rings (SSSR count). The van der Waals surface area contributed by atoms with Crippen LogP contribution in [0.2, 0.25) is 0 Å². The van der Waals surface area contributed by atoms with Crippen molar-refractivity contribution in [3.05, 3.63) is 47.9 Å². The smallest absolute Gasteiger partial charge is 0.257 e. The Morgan fingerprint density at radius 3 is 2.60 bits per heavy atom. The summed E-state index contributed by atoms with van der Waals surface area (Å²) in [6, 6.07) is 10.1. The SMILES string of the molecule is Cc1ncc(S(=O)(=O)NCCC(C)c2ccccc2)[nH]1. The number of nitrogens with one attached hydrogen (secondary N) is 2. The van der Waals surface area contributed by atoms with Crippen LogP contribution in [0.4, 0.5) is 0 Å². The first-order valence-electron chi connectivity index (χ1n) is 6.55. The first kappa shape index (κ1) is 14.7. The number of hydrogen-bond donors (Lipinski definition) is 2. The fourth-order valence-corrected chi connectivity index (χ4v) is 2.99. The van der Waals surface area contributed by atoms with Crippen LogP contribution in [-0.2, 0) is 10.0 Å². The maximum atomic E-state index is 12.0. The molecule has 0 saturated carbocycles. The lowest BCUT2D eigenvalue weighted by Crippen LogP contribution is -2.26. The maximum absolute atomic E-state index is 12.0. The van der Waals surface area contributed by atoms with Crippen LogP contribution in [0.3, 0.4) is 0 Å². The van der Waals surface area contributed by atoms with Gasteiger partial charge in [0.05, 0.1) is 6.20 Å². The standard InChI is InChI=1S/C14H19N3O2S/c1-11(13-6-4-3-5-7-13)8-9-16-20(18,19)14-10-15-12(2)17-14/h3-7,10-11,16H,8-9H2,1-2H3,(H,15,17). The Morgan fingerprint density at radius 1 is 1.30 bits per heavy atom. The molecular formula is C14H19N3O2S. The lowest BCUT2D eigenvalue weighted by molar-refractivity contribution is 0.569. The number of sulfonamides is 1. The van der Waals surface area contributed by atoms with E-state index in [2.05, 4.69) is 33.7 Å². The van der Waals surface area contributed by atoms with E-state index in [9.17, 15) is 8.42 Å². The van der Waals surface area contributed by atoms with Gasteiger partial charge in [0.15, 0.2) is 5.03 Å². The number of aromatic nitrogens is 2. The lowest BCUT2D eigenvalue weighted by atomic mass is 9.98. The van der Waals surface area contributed by atoms with E-state index < -0.39 is 10.0 Å². The average molecular weight is 293 g/mol. The zero-order valence-corrected chi connectivity index (χ0v) is 12.4. The minimum absolute atomic E-state index is 0.113. The summed E-state index contributed by atoms with van der Waals surface area (Å²) in [5.74, 6) is 0.894. The summed E-state index contributed by atoms with van der Waals surface area (Å²) in [5.41, 5.74) is 1.21. The van der Waals surface area contributed by atoms with Gasteiger partial charge in [-0.2, -0.15) is 0 Å².